The van der Waals surface area contributed by atoms with Crippen molar-refractivity contribution in [2.75, 3.05) is 25.0 Å². The summed E-state index contributed by atoms with van der Waals surface area (Å²) in [6.45, 7) is 6.14. The second-order valence-electron chi connectivity index (χ2n) is 4.83. The smallest absolute Gasteiger partial charge is 0.150 e. The normalized spacial score (nSPS) is 25.6. The van der Waals surface area contributed by atoms with Crippen molar-refractivity contribution in [1.82, 2.24) is 9.88 Å². The summed E-state index contributed by atoms with van der Waals surface area (Å²) in [5.41, 5.74) is 0. The second-order valence-corrected chi connectivity index (χ2v) is 6.01. The summed E-state index contributed by atoms with van der Waals surface area (Å²) < 4.78 is 0. The van der Waals surface area contributed by atoms with Gasteiger partial charge in [0, 0.05) is 25.2 Å². The van der Waals surface area contributed by atoms with Crippen LogP contribution < -0.4 is 4.90 Å². The Labute approximate surface area is 123 Å². The van der Waals surface area contributed by atoms with Crippen LogP contribution in [-0.2, 0) is 0 Å². The number of hydrogen-bond acceptors (Lipinski definition) is 3. The van der Waals surface area contributed by atoms with Crippen LogP contribution in [0.15, 0.2) is 6.07 Å². The van der Waals surface area contributed by atoms with E-state index < -0.39 is 0 Å². The van der Waals surface area contributed by atoms with Gasteiger partial charge in [-0.1, -0.05) is 34.8 Å². The van der Waals surface area contributed by atoms with Crippen molar-refractivity contribution in [3.05, 3.63) is 21.3 Å². The molecule has 2 heterocycles. The van der Waals surface area contributed by atoms with Crippen LogP contribution in [0.3, 0.4) is 0 Å². The molecule has 0 radical (unpaired) electrons. The Balaban J connectivity index is 2.29. The summed E-state index contributed by atoms with van der Waals surface area (Å²) in [6.07, 6.45) is 0. The van der Waals surface area contributed by atoms with Gasteiger partial charge in [0.15, 0.2) is 0 Å². The number of likely N-dealkylation sites (N-methyl/N-ethyl adjacent to an activating group) is 1. The number of pyridine rings is 1. The fourth-order valence-corrected chi connectivity index (χ4v) is 2.85. The van der Waals surface area contributed by atoms with Crippen LogP contribution >= 0.6 is 34.8 Å². The zero-order valence-electron chi connectivity index (χ0n) is 10.6. The average molecular weight is 309 g/mol. The lowest BCUT2D eigenvalue weighted by molar-refractivity contribution is 0.169. The van der Waals surface area contributed by atoms with E-state index in [1.165, 1.54) is 0 Å². The first-order valence-electron chi connectivity index (χ1n) is 5.88. The quantitative estimate of drug-likeness (QED) is 0.739. The number of nitrogens with zero attached hydrogens (tertiary/aromatic N) is 3. The van der Waals surface area contributed by atoms with Crippen molar-refractivity contribution in [2.24, 2.45) is 0 Å². The average Bonchev–Trinajstić information content (AvgIpc) is 2.30. The zero-order chi connectivity index (χ0) is 13.4. The molecule has 1 fully saturated rings. The van der Waals surface area contributed by atoms with Crippen LogP contribution in [0.1, 0.15) is 13.8 Å². The standard InChI is InChI=1S/C12H16Cl3N3/c1-7-5-18(6-8(2)17(7)3)12-10(14)4-9(13)11(15)16-12/h4,7-8H,5-6H2,1-3H3. The van der Waals surface area contributed by atoms with E-state index in [1.54, 1.807) is 6.07 Å². The molecule has 1 saturated heterocycles. The van der Waals surface area contributed by atoms with Crippen molar-refractivity contribution in [1.29, 1.82) is 0 Å². The molecule has 0 aliphatic carbocycles. The summed E-state index contributed by atoms with van der Waals surface area (Å²) in [4.78, 5) is 8.81. The number of anilines is 1. The number of aromatic nitrogens is 1. The van der Waals surface area contributed by atoms with E-state index in [2.05, 4.69) is 35.7 Å². The molecular formula is C12H16Cl3N3. The van der Waals surface area contributed by atoms with Gasteiger partial charge in [0.1, 0.15) is 11.0 Å². The first-order valence-corrected chi connectivity index (χ1v) is 7.02. The molecule has 0 aromatic carbocycles. The topological polar surface area (TPSA) is 19.4 Å². The van der Waals surface area contributed by atoms with Crippen LogP contribution in [-0.4, -0.2) is 42.1 Å². The van der Waals surface area contributed by atoms with Gasteiger partial charge in [0.25, 0.3) is 0 Å². The van der Waals surface area contributed by atoms with Crippen molar-refractivity contribution in [3.8, 4) is 0 Å². The van der Waals surface area contributed by atoms with Crippen LogP contribution in [0.2, 0.25) is 15.2 Å². The van der Waals surface area contributed by atoms with Gasteiger partial charge in [-0.25, -0.2) is 4.98 Å². The molecule has 6 heteroatoms. The van der Waals surface area contributed by atoms with E-state index in [-0.39, 0.29) is 0 Å². The molecule has 0 N–H and O–H groups in total. The van der Waals surface area contributed by atoms with E-state index >= 15 is 0 Å². The van der Waals surface area contributed by atoms with E-state index in [0.717, 1.165) is 18.9 Å². The minimum Gasteiger partial charge on any atom is -0.352 e. The molecule has 0 bridgehead atoms. The molecule has 1 aromatic rings. The number of hydrogen-bond donors (Lipinski definition) is 0. The van der Waals surface area contributed by atoms with Crippen molar-refractivity contribution < 1.29 is 0 Å². The Hall–Kier alpha value is -0.220. The zero-order valence-corrected chi connectivity index (χ0v) is 12.9. The van der Waals surface area contributed by atoms with E-state index in [0.29, 0.717) is 27.3 Å². The monoisotopic (exact) mass is 307 g/mol. The minimum absolute atomic E-state index is 0.301. The first kappa shape index (κ1) is 14.2. The third-order valence-electron chi connectivity index (χ3n) is 3.53. The predicted molar refractivity (Wildman–Crippen MR) is 78.2 cm³/mol. The Morgan fingerprint density at radius 1 is 1.11 bits per heavy atom. The number of piperazine rings is 1. The van der Waals surface area contributed by atoms with Crippen LogP contribution in [0.25, 0.3) is 0 Å². The fourth-order valence-electron chi connectivity index (χ4n) is 2.23. The van der Waals surface area contributed by atoms with Crippen molar-refractivity contribution in [2.45, 2.75) is 25.9 Å². The second kappa shape index (κ2) is 5.41. The lowest BCUT2D eigenvalue weighted by Crippen LogP contribution is -2.55. The van der Waals surface area contributed by atoms with Crippen LogP contribution in [0.5, 0.6) is 0 Å². The summed E-state index contributed by atoms with van der Waals surface area (Å²) in [6, 6.07) is 2.55. The van der Waals surface area contributed by atoms with Gasteiger partial charge in [0.2, 0.25) is 0 Å². The lowest BCUT2D eigenvalue weighted by atomic mass is 10.1. The molecule has 18 heavy (non-hydrogen) atoms. The van der Waals surface area contributed by atoms with E-state index in [9.17, 15) is 0 Å². The number of rotatable bonds is 1. The van der Waals surface area contributed by atoms with Gasteiger partial charge >= 0.3 is 0 Å². The summed E-state index contributed by atoms with van der Waals surface area (Å²) in [5.74, 6) is 0.720. The number of halogens is 3. The maximum absolute atomic E-state index is 6.21. The summed E-state index contributed by atoms with van der Waals surface area (Å²) >= 11 is 18.1. The Bertz CT molecular complexity index is 440. The first-order chi connectivity index (χ1) is 8.40. The highest BCUT2D eigenvalue weighted by atomic mass is 35.5. The third kappa shape index (κ3) is 2.69. The van der Waals surface area contributed by atoms with Gasteiger partial charge in [-0.15, -0.1) is 0 Å². The highest BCUT2D eigenvalue weighted by Gasteiger charge is 2.28. The fraction of sp³-hybridized carbons (Fsp3) is 0.583. The molecule has 0 saturated carbocycles. The van der Waals surface area contributed by atoms with Crippen LogP contribution in [0.4, 0.5) is 5.82 Å². The summed E-state index contributed by atoms with van der Waals surface area (Å²) in [5, 5.41) is 1.24. The van der Waals surface area contributed by atoms with Gasteiger partial charge < -0.3 is 4.90 Å². The predicted octanol–water partition coefficient (Wildman–Crippen LogP) is 3.57. The maximum atomic E-state index is 6.21. The van der Waals surface area contributed by atoms with Crippen LogP contribution in [0, 0.1) is 0 Å². The van der Waals surface area contributed by atoms with E-state index in [1.807, 2.05) is 0 Å². The lowest BCUT2D eigenvalue weighted by Gasteiger charge is -2.43. The SMILES string of the molecule is CC1CN(c2nc(Cl)c(Cl)cc2Cl)CC(C)N1C. The molecule has 1 aliphatic heterocycles. The minimum atomic E-state index is 0.301. The van der Waals surface area contributed by atoms with Crippen molar-refractivity contribution in [3.63, 3.8) is 0 Å². The molecule has 1 aliphatic rings. The van der Waals surface area contributed by atoms with Gasteiger partial charge in [-0.2, -0.15) is 0 Å². The van der Waals surface area contributed by atoms with Gasteiger partial charge in [-0.05, 0) is 27.0 Å². The Morgan fingerprint density at radius 2 is 1.67 bits per heavy atom. The third-order valence-corrected chi connectivity index (χ3v) is 4.48. The molecule has 2 atom stereocenters. The largest absolute Gasteiger partial charge is 0.352 e. The molecule has 2 unspecified atom stereocenters. The van der Waals surface area contributed by atoms with E-state index in [4.69, 9.17) is 34.8 Å². The highest BCUT2D eigenvalue weighted by Crippen LogP contribution is 2.32. The summed E-state index contributed by atoms with van der Waals surface area (Å²) in [7, 11) is 2.14. The molecular weight excluding hydrogens is 293 g/mol. The van der Waals surface area contributed by atoms with Crippen molar-refractivity contribution >= 4 is 40.6 Å². The molecule has 2 rings (SSSR count). The highest BCUT2D eigenvalue weighted by molar-refractivity contribution is 6.42. The molecule has 3 nitrogen and oxygen atoms in total. The van der Waals surface area contributed by atoms with Gasteiger partial charge in [-0.3, -0.25) is 4.90 Å². The Morgan fingerprint density at radius 3 is 2.22 bits per heavy atom. The van der Waals surface area contributed by atoms with Gasteiger partial charge in [0.05, 0.1) is 10.0 Å². The maximum Gasteiger partial charge on any atom is 0.150 e. The molecule has 1 aromatic heterocycles. The molecule has 0 spiro atoms. The Kier molecular flexibility index (Phi) is 4.27. The molecule has 100 valence electrons. The molecule has 0 amide bonds.